The highest BCUT2D eigenvalue weighted by Gasteiger charge is 2.38. The standard InChI is InChI=1S/C16H22N2O4/c1-8-13(9(2)17-14(8)16(21)22-5)15(20)10(3)18(11(4)19)12-6-7-12/h10,12,17H,6-7H2,1-5H3/t10-/m0/s1. The van der Waals surface area contributed by atoms with Crippen LogP contribution in [-0.4, -0.2) is 46.7 Å². The van der Waals surface area contributed by atoms with E-state index in [4.69, 9.17) is 4.74 Å². The molecule has 1 heterocycles. The fourth-order valence-electron chi connectivity index (χ4n) is 2.96. The summed E-state index contributed by atoms with van der Waals surface area (Å²) in [4.78, 5) is 40.9. The Kier molecular flexibility index (Phi) is 4.39. The Labute approximate surface area is 129 Å². The van der Waals surface area contributed by atoms with Crippen LogP contribution in [0.2, 0.25) is 0 Å². The molecule has 1 amide bonds. The molecule has 1 atom stereocenters. The zero-order chi connectivity index (χ0) is 16.6. The number of methoxy groups -OCH3 is 1. The number of hydrogen-bond acceptors (Lipinski definition) is 4. The van der Waals surface area contributed by atoms with Crippen LogP contribution in [0, 0.1) is 13.8 Å². The van der Waals surface area contributed by atoms with Crippen LogP contribution in [0.5, 0.6) is 0 Å². The number of aromatic nitrogens is 1. The number of amides is 1. The fourth-order valence-corrected chi connectivity index (χ4v) is 2.96. The SMILES string of the molecule is COC(=O)c1[nH]c(C)c(C(=O)[C@H](C)N(C(C)=O)C2CC2)c1C. The number of nitrogens with one attached hydrogen (secondary N) is 1. The predicted octanol–water partition coefficient (Wildman–Crippen LogP) is 2.00. The quantitative estimate of drug-likeness (QED) is 0.666. The Morgan fingerprint density at radius 3 is 2.32 bits per heavy atom. The van der Waals surface area contributed by atoms with Gasteiger partial charge in [0, 0.05) is 24.2 Å². The summed E-state index contributed by atoms with van der Waals surface area (Å²) in [5, 5.41) is 0. The molecule has 1 fully saturated rings. The first-order chi connectivity index (χ1) is 10.3. The van der Waals surface area contributed by atoms with E-state index in [0.29, 0.717) is 16.8 Å². The van der Waals surface area contributed by atoms with Crippen molar-refractivity contribution in [3.8, 4) is 0 Å². The van der Waals surface area contributed by atoms with Crippen molar-refractivity contribution >= 4 is 17.7 Å². The Morgan fingerprint density at radius 2 is 1.86 bits per heavy atom. The molecular formula is C16H22N2O4. The number of esters is 1. The van der Waals surface area contributed by atoms with E-state index in [1.165, 1.54) is 14.0 Å². The summed E-state index contributed by atoms with van der Waals surface area (Å²) in [7, 11) is 1.30. The minimum atomic E-state index is -0.538. The zero-order valence-corrected chi connectivity index (χ0v) is 13.6. The van der Waals surface area contributed by atoms with Crippen LogP contribution >= 0.6 is 0 Å². The number of hydrogen-bond donors (Lipinski definition) is 1. The lowest BCUT2D eigenvalue weighted by Crippen LogP contribution is -2.43. The van der Waals surface area contributed by atoms with E-state index in [0.717, 1.165) is 12.8 Å². The van der Waals surface area contributed by atoms with Gasteiger partial charge in [-0.1, -0.05) is 0 Å². The minimum absolute atomic E-state index is 0.0950. The second kappa shape index (κ2) is 5.94. The third-order valence-corrected chi connectivity index (χ3v) is 4.17. The van der Waals surface area contributed by atoms with Crippen molar-refractivity contribution in [2.45, 2.75) is 52.6 Å². The van der Waals surface area contributed by atoms with Crippen molar-refractivity contribution in [3.63, 3.8) is 0 Å². The van der Waals surface area contributed by atoms with Gasteiger partial charge in [-0.25, -0.2) is 4.79 Å². The number of carbonyl (C=O) groups excluding carboxylic acids is 3. The van der Waals surface area contributed by atoms with Crippen molar-refractivity contribution in [2.75, 3.05) is 7.11 Å². The van der Waals surface area contributed by atoms with Gasteiger partial charge in [0.25, 0.3) is 0 Å². The maximum absolute atomic E-state index is 12.8. The summed E-state index contributed by atoms with van der Waals surface area (Å²) in [6.07, 6.45) is 1.88. The van der Waals surface area contributed by atoms with E-state index >= 15 is 0 Å². The highest BCUT2D eigenvalue weighted by atomic mass is 16.5. The number of Topliss-reactive ketones (excluding diaryl/α,β-unsaturated/α-hetero) is 1. The molecule has 0 aliphatic heterocycles. The summed E-state index contributed by atoms with van der Waals surface area (Å²) in [6, 6.07) is -0.375. The topological polar surface area (TPSA) is 79.5 Å². The first kappa shape index (κ1) is 16.3. The molecule has 0 bridgehead atoms. The summed E-state index contributed by atoms with van der Waals surface area (Å²) < 4.78 is 4.71. The molecule has 1 aromatic heterocycles. The second-order valence-corrected chi connectivity index (χ2v) is 5.81. The molecule has 2 rings (SSSR count). The van der Waals surface area contributed by atoms with E-state index in [-0.39, 0.29) is 23.4 Å². The molecule has 0 unspecified atom stereocenters. The molecule has 1 aliphatic rings. The van der Waals surface area contributed by atoms with Crippen LogP contribution < -0.4 is 0 Å². The molecule has 0 spiro atoms. The minimum Gasteiger partial charge on any atom is -0.464 e. The van der Waals surface area contributed by atoms with Crippen molar-refractivity contribution in [1.29, 1.82) is 0 Å². The van der Waals surface area contributed by atoms with E-state index in [1.54, 1.807) is 25.7 Å². The molecule has 22 heavy (non-hydrogen) atoms. The highest BCUT2D eigenvalue weighted by molar-refractivity contribution is 6.06. The van der Waals surface area contributed by atoms with Crippen LogP contribution in [0.1, 0.15) is 58.8 Å². The van der Waals surface area contributed by atoms with Crippen molar-refractivity contribution in [1.82, 2.24) is 9.88 Å². The van der Waals surface area contributed by atoms with Gasteiger partial charge in [-0.05, 0) is 39.2 Å². The summed E-state index contributed by atoms with van der Waals surface area (Å²) in [6.45, 7) is 6.68. The first-order valence-electron chi connectivity index (χ1n) is 7.40. The van der Waals surface area contributed by atoms with E-state index in [2.05, 4.69) is 4.98 Å². The van der Waals surface area contributed by atoms with Crippen LogP contribution in [0.15, 0.2) is 0 Å². The summed E-state index contributed by atoms with van der Waals surface area (Å²) >= 11 is 0. The monoisotopic (exact) mass is 306 g/mol. The number of ether oxygens (including phenoxy) is 1. The lowest BCUT2D eigenvalue weighted by Gasteiger charge is -2.27. The average Bonchev–Trinajstić information content (AvgIpc) is 3.23. The molecule has 0 saturated heterocycles. The normalized spacial score (nSPS) is 15.3. The van der Waals surface area contributed by atoms with Gasteiger partial charge in [0.2, 0.25) is 5.91 Å². The third kappa shape index (κ3) is 2.77. The molecule has 1 aliphatic carbocycles. The van der Waals surface area contributed by atoms with Gasteiger partial charge < -0.3 is 14.6 Å². The van der Waals surface area contributed by atoms with Crippen LogP contribution in [0.3, 0.4) is 0 Å². The molecule has 120 valence electrons. The van der Waals surface area contributed by atoms with Crippen LogP contribution in [0.4, 0.5) is 0 Å². The molecule has 1 N–H and O–H groups in total. The Balaban J connectivity index is 2.34. The molecule has 1 aromatic rings. The maximum atomic E-state index is 12.8. The van der Waals surface area contributed by atoms with Gasteiger partial charge in [-0.3, -0.25) is 9.59 Å². The Hall–Kier alpha value is -2.11. The van der Waals surface area contributed by atoms with Gasteiger partial charge in [0.15, 0.2) is 5.78 Å². The molecule has 0 radical (unpaired) electrons. The zero-order valence-electron chi connectivity index (χ0n) is 13.6. The van der Waals surface area contributed by atoms with Gasteiger partial charge in [-0.2, -0.15) is 0 Å². The molecule has 6 nitrogen and oxygen atoms in total. The second-order valence-electron chi connectivity index (χ2n) is 5.81. The number of rotatable bonds is 5. The smallest absolute Gasteiger partial charge is 0.354 e. The van der Waals surface area contributed by atoms with Crippen molar-refractivity contribution in [3.05, 3.63) is 22.5 Å². The lowest BCUT2D eigenvalue weighted by atomic mass is 9.99. The number of carbonyl (C=O) groups is 3. The van der Waals surface area contributed by atoms with Gasteiger partial charge in [0.05, 0.1) is 13.2 Å². The number of aromatic amines is 1. The molecule has 6 heteroatoms. The first-order valence-corrected chi connectivity index (χ1v) is 7.40. The summed E-state index contributed by atoms with van der Waals surface area (Å²) in [5.41, 5.74) is 1.95. The van der Waals surface area contributed by atoms with E-state index < -0.39 is 12.0 Å². The number of H-pyrrole nitrogens is 1. The maximum Gasteiger partial charge on any atom is 0.354 e. The van der Waals surface area contributed by atoms with Crippen molar-refractivity contribution in [2.24, 2.45) is 0 Å². The van der Waals surface area contributed by atoms with Crippen LogP contribution in [0.25, 0.3) is 0 Å². The largest absolute Gasteiger partial charge is 0.464 e. The molecular weight excluding hydrogens is 284 g/mol. The van der Waals surface area contributed by atoms with Gasteiger partial charge in [-0.15, -0.1) is 0 Å². The summed E-state index contributed by atoms with van der Waals surface area (Å²) in [5.74, 6) is -0.746. The number of ketones is 1. The highest BCUT2D eigenvalue weighted by Crippen LogP contribution is 2.30. The van der Waals surface area contributed by atoms with E-state index in [1.807, 2.05) is 0 Å². The van der Waals surface area contributed by atoms with E-state index in [9.17, 15) is 14.4 Å². The van der Waals surface area contributed by atoms with Crippen molar-refractivity contribution < 1.29 is 19.1 Å². The Bertz CT molecular complexity index is 628. The fraction of sp³-hybridized carbons (Fsp3) is 0.562. The lowest BCUT2D eigenvalue weighted by molar-refractivity contribution is -0.130. The van der Waals surface area contributed by atoms with Crippen LogP contribution in [-0.2, 0) is 9.53 Å². The van der Waals surface area contributed by atoms with Gasteiger partial charge in [0.1, 0.15) is 5.69 Å². The Morgan fingerprint density at radius 1 is 1.27 bits per heavy atom. The van der Waals surface area contributed by atoms with Gasteiger partial charge >= 0.3 is 5.97 Å². The third-order valence-electron chi connectivity index (χ3n) is 4.17. The number of aryl methyl sites for hydroxylation is 1. The molecule has 0 aromatic carbocycles. The molecule has 1 saturated carbocycles. The number of nitrogens with zero attached hydrogens (tertiary/aromatic N) is 1. The average molecular weight is 306 g/mol. The predicted molar refractivity (Wildman–Crippen MR) is 80.9 cm³/mol.